The van der Waals surface area contributed by atoms with Crippen molar-refractivity contribution in [1.82, 2.24) is 10.2 Å². The summed E-state index contributed by atoms with van der Waals surface area (Å²) in [7, 11) is 0. The van der Waals surface area contributed by atoms with Crippen LogP contribution in [0, 0.1) is 5.82 Å². The molecule has 1 amide bonds. The highest BCUT2D eigenvalue weighted by molar-refractivity contribution is 5.92. The molecule has 3 rings (SSSR count). The van der Waals surface area contributed by atoms with E-state index in [9.17, 15) is 9.18 Å². The van der Waals surface area contributed by atoms with Crippen LogP contribution in [-0.4, -0.2) is 50.2 Å². The zero-order valence-electron chi connectivity index (χ0n) is 13.5. The highest BCUT2D eigenvalue weighted by atomic mass is 19.1. The van der Waals surface area contributed by atoms with Gasteiger partial charge in [0, 0.05) is 19.6 Å². The Morgan fingerprint density at radius 1 is 1.17 bits per heavy atom. The predicted molar refractivity (Wildman–Crippen MR) is 88.3 cm³/mol. The molecule has 2 heterocycles. The van der Waals surface area contributed by atoms with Crippen LogP contribution >= 0.6 is 0 Å². The third kappa shape index (κ3) is 4.21. The number of hydrogen-bond donors (Lipinski definition) is 1. The fourth-order valence-corrected chi connectivity index (χ4v) is 2.68. The lowest BCUT2D eigenvalue weighted by Crippen LogP contribution is -2.38. The van der Waals surface area contributed by atoms with Gasteiger partial charge in [0.2, 0.25) is 0 Å². The monoisotopic (exact) mass is 332 g/mol. The van der Waals surface area contributed by atoms with Crippen LogP contribution in [0.4, 0.5) is 4.39 Å². The number of rotatable bonds is 6. The number of nitrogens with zero attached hydrogens (tertiary/aromatic N) is 1. The SMILES string of the molecule is O=C(NCCCN1CCOCC1)c1ccc(-c2ccccc2F)o1. The molecular weight excluding hydrogens is 311 g/mol. The second kappa shape index (κ2) is 8.08. The summed E-state index contributed by atoms with van der Waals surface area (Å²) in [5.74, 6) is -0.102. The number of amides is 1. The Balaban J connectivity index is 1.48. The molecule has 1 aliphatic heterocycles. The minimum atomic E-state index is -0.371. The molecule has 0 bridgehead atoms. The van der Waals surface area contributed by atoms with Crippen LogP contribution in [0.1, 0.15) is 17.0 Å². The first-order valence-corrected chi connectivity index (χ1v) is 8.17. The van der Waals surface area contributed by atoms with Gasteiger partial charge >= 0.3 is 0 Å². The molecule has 0 spiro atoms. The van der Waals surface area contributed by atoms with Crippen molar-refractivity contribution in [3.63, 3.8) is 0 Å². The van der Waals surface area contributed by atoms with E-state index >= 15 is 0 Å². The van der Waals surface area contributed by atoms with Gasteiger partial charge in [0.15, 0.2) is 5.76 Å². The molecule has 0 saturated carbocycles. The van der Waals surface area contributed by atoms with E-state index in [2.05, 4.69) is 10.2 Å². The summed E-state index contributed by atoms with van der Waals surface area (Å²) in [4.78, 5) is 14.4. The zero-order chi connectivity index (χ0) is 16.8. The van der Waals surface area contributed by atoms with Crippen molar-refractivity contribution in [3.05, 3.63) is 48.0 Å². The summed E-state index contributed by atoms with van der Waals surface area (Å²) in [6.07, 6.45) is 0.868. The summed E-state index contributed by atoms with van der Waals surface area (Å²) in [6.45, 7) is 4.94. The number of nitrogens with one attached hydrogen (secondary N) is 1. The molecular formula is C18H21FN2O3. The lowest BCUT2D eigenvalue weighted by molar-refractivity contribution is 0.0374. The molecule has 0 radical (unpaired) electrons. The quantitative estimate of drug-likeness (QED) is 0.826. The van der Waals surface area contributed by atoms with Gasteiger partial charge in [0.05, 0.1) is 18.8 Å². The summed E-state index contributed by atoms with van der Waals surface area (Å²) in [5.41, 5.74) is 0.351. The first-order chi connectivity index (χ1) is 11.7. The number of carbonyl (C=O) groups excluding carboxylic acids is 1. The lowest BCUT2D eigenvalue weighted by atomic mass is 10.1. The van der Waals surface area contributed by atoms with E-state index in [1.807, 2.05) is 0 Å². The molecule has 0 aliphatic carbocycles. The number of carbonyl (C=O) groups is 1. The zero-order valence-corrected chi connectivity index (χ0v) is 13.5. The predicted octanol–water partition coefficient (Wildman–Crippen LogP) is 2.54. The van der Waals surface area contributed by atoms with Gasteiger partial charge in [-0.2, -0.15) is 0 Å². The Kier molecular flexibility index (Phi) is 5.61. The largest absolute Gasteiger partial charge is 0.451 e. The van der Waals surface area contributed by atoms with E-state index in [1.54, 1.807) is 30.3 Å². The molecule has 1 aromatic carbocycles. The molecule has 1 fully saturated rings. The number of furan rings is 1. The molecule has 128 valence electrons. The summed E-state index contributed by atoms with van der Waals surface area (Å²) in [5, 5.41) is 2.83. The Morgan fingerprint density at radius 2 is 1.96 bits per heavy atom. The number of ether oxygens (including phenoxy) is 1. The summed E-state index contributed by atoms with van der Waals surface area (Å²) < 4.78 is 24.5. The molecule has 1 aromatic heterocycles. The van der Waals surface area contributed by atoms with Crippen molar-refractivity contribution in [1.29, 1.82) is 0 Å². The molecule has 0 unspecified atom stereocenters. The van der Waals surface area contributed by atoms with E-state index in [-0.39, 0.29) is 17.5 Å². The maximum Gasteiger partial charge on any atom is 0.287 e. The summed E-state index contributed by atoms with van der Waals surface area (Å²) in [6, 6.07) is 9.51. The fourth-order valence-electron chi connectivity index (χ4n) is 2.68. The number of hydrogen-bond acceptors (Lipinski definition) is 4. The molecule has 1 saturated heterocycles. The van der Waals surface area contributed by atoms with Crippen molar-refractivity contribution >= 4 is 5.91 Å². The Hall–Kier alpha value is -2.18. The van der Waals surface area contributed by atoms with E-state index in [0.29, 0.717) is 17.9 Å². The van der Waals surface area contributed by atoms with Crippen molar-refractivity contribution in [3.8, 4) is 11.3 Å². The van der Waals surface area contributed by atoms with Crippen molar-refractivity contribution in [2.45, 2.75) is 6.42 Å². The van der Waals surface area contributed by atoms with Gasteiger partial charge in [-0.25, -0.2) is 4.39 Å². The van der Waals surface area contributed by atoms with Crippen LogP contribution in [0.5, 0.6) is 0 Å². The van der Waals surface area contributed by atoms with Gasteiger partial charge in [0.1, 0.15) is 11.6 Å². The third-order valence-electron chi connectivity index (χ3n) is 4.01. The first-order valence-electron chi connectivity index (χ1n) is 8.17. The minimum absolute atomic E-state index is 0.194. The van der Waals surface area contributed by atoms with Crippen LogP contribution in [-0.2, 0) is 4.74 Å². The number of morpholine rings is 1. The smallest absolute Gasteiger partial charge is 0.287 e. The third-order valence-corrected chi connectivity index (χ3v) is 4.01. The molecule has 24 heavy (non-hydrogen) atoms. The van der Waals surface area contributed by atoms with Crippen LogP contribution < -0.4 is 5.32 Å². The maximum atomic E-state index is 13.7. The molecule has 1 aliphatic rings. The second-order valence-corrected chi connectivity index (χ2v) is 5.71. The van der Waals surface area contributed by atoms with E-state index < -0.39 is 0 Å². The van der Waals surface area contributed by atoms with Gasteiger partial charge in [-0.05, 0) is 37.2 Å². The van der Waals surface area contributed by atoms with Crippen LogP contribution in [0.3, 0.4) is 0 Å². The van der Waals surface area contributed by atoms with Crippen LogP contribution in [0.15, 0.2) is 40.8 Å². The number of halogens is 1. The highest BCUT2D eigenvalue weighted by Crippen LogP contribution is 2.24. The van der Waals surface area contributed by atoms with Crippen molar-refractivity contribution in [2.75, 3.05) is 39.4 Å². The van der Waals surface area contributed by atoms with Crippen molar-refractivity contribution in [2.24, 2.45) is 0 Å². The lowest BCUT2D eigenvalue weighted by Gasteiger charge is -2.26. The Bertz CT molecular complexity index is 680. The van der Waals surface area contributed by atoms with Gasteiger partial charge in [-0.15, -0.1) is 0 Å². The first kappa shape index (κ1) is 16.7. The van der Waals surface area contributed by atoms with Gasteiger partial charge in [-0.3, -0.25) is 9.69 Å². The molecule has 6 heteroatoms. The maximum absolute atomic E-state index is 13.7. The minimum Gasteiger partial charge on any atom is -0.451 e. The standard InChI is InChI=1S/C18H21FN2O3/c19-15-5-2-1-4-14(15)16-6-7-17(24-16)18(22)20-8-3-9-21-10-12-23-13-11-21/h1-2,4-7H,3,8-13H2,(H,20,22). The topological polar surface area (TPSA) is 54.7 Å². The fraction of sp³-hybridized carbons (Fsp3) is 0.389. The normalized spacial score (nSPS) is 15.4. The van der Waals surface area contributed by atoms with E-state index in [1.165, 1.54) is 6.07 Å². The second-order valence-electron chi connectivity index (χ2n) is 5.71. The van der Waals surface area contributed by atoms with Crippen LogP contribution in [0.25, 0.3) is 11.3 Å². The molecule has 5 nitrogen and oxygen atoms in total. The van der Waals surface area contributed by atoms with E-state index in [0.717, 1.165) is 39.3 Å². The van der Waals surface area contributed by atoms with Gasteiger partial charge in [-0.1, -0.05) is 12.1 Å². The van der Waals surface area contributed by atoms with E-state index in [4.69, 9.17) is 9.15 Å². The van der Waals surface area contributed by atoms with Crippen molar-refractivity contribution < 1.29 is 18.3 Å². The number of benzene rings is 1. The Labute approximate surface area is 140 Å². The molecule has 0 atom stereocenters. The Morgan fingerprint density at radius 3 is 2.75 bits per heavy atom. The molecule has 1 N–H and O–H groups in total. The highest BCUT2D eigenvalue weighted by Gasteiger charge is 2.14. The molecule has 2 aromatic rings. The average Bonchev–Trinajstić information content (AvgIpc) is 3.10. The van der Waals surface area contributed by atoms with Gasteiger partial charge < -0.3 is 14.5 Å². The summed E-state index contributed by atoms with van der Waals surface area (Å²) >= 11 is 0. The average molecular weight is 332 g/mol. The van der Waals surface area contributed by atoms with Crippen LogP contribution in [0.2, 0.25) is 0 Å². The van der Waals surface area contributed by atoms with Gasteiger partial charge in [0.25, 0.3) is 5.91 Å².